The van der Waals surface area contributed by atoms with Crippen molar-refractivity contribution in [3.63, 3.8) is 0 Å². The van der Waals surface area contributed by atoms with Crippen molar-refractivity contribution in [2.24, 2.45) is 5.92 Å². The monoisotopic (exact) mass is 438 g/mol. The van der Waals surface area contributed by atoms with Crippen LogP contribution in [0.3, 0.4) is 0 Å². The van der Waals surface area contributed by atoms with Crippen molar-refractivity contribution < 1.29 is 14.4 Å². The lowest BCUT2D eigenvalue weighted by Gasteiger charge is -2.41. The second-order valence-electron chi connectivity index (χ2n) is 9.32. The number of amides is 3. The number of aromatic amines is 1. The zero-order valence-corrected chi connectivity index (χ0v) is 19.0. The van der Waals surface area contributed by atoms with Crippen LogP contribution in [0.15, 0.2) is 30.5 Å². The lowest BCUT2D eigenvalue weighted by atomic mass is 9.91. The Labute approximate surface area is 189 Å². The van der Waals surface area contributed by atoms with E-state index in [0.717, 1.165) is 48.6 Å². The molecule has 1 saturated heterocycles. The number of nitrogens with one attached hydrogen (secondary N) is 3. The van der Waals surface area contributed by atoms with Gasteiger partial charge in [-0.1, -0.05) is 57.7 Å². The van der Waals surface area contributed by atoms with Gasteiger partial charge in [-0.15, -0.1) is 0 Å². The van der Waals surface area contributed by atoms with Gasteiger partial charge in [-0.2, -0.15) is 0 Å². The fourth-order valence-electron chi connectivity index (χ4n) is 5.10. The molecule has 32 heavy (non-hydrogen) atoms. The number of carbonyl (C=O) groups is 3. The molecule has 3 N–H and O–H groups in total. The molecule has 0 spiro atoms. The number of aromatic nitrogens is 1. The molecule has 3 atom stereocenters. The molecule has 0 bridgehead atoms. The summed E-state index contributed by atoms with van der Waals surface area (Å²) in [6.45, 7) is 3.90. The summed E-state index contributed by atoms with van der Waals surface area (Å²) in [6, 6.07) is 6.79. The van der Waals surface area contributed by atoms with Crippen molar-refractivity contribution in [2.45, 2.75) is 76.9 Å². The summed E-state index contributed by atoms with van der Waals surface area (Å²) in [7, 11) is 0. The SMILES string of the molecule is CCC(C)C1C(=O)NC(Cc2c[nH]c3ccccc23)C(=O)N1CC(=O)NC1CCCCC1. The first-order valence-corrected chi connectivity index (χ1v) is 11.9. The third-order valence-corrected chi connectivity index (χ3v) is 7.07. The number of hydrogen-bond acceptors (Lipinski definition) is 3. The highest BCUT2D eigenvalue weighted by atomic mass is 16.2. The van der Waals surface area contributed by atoms with Crippen LogP contribution in [-0.2, 0) is 20.8 Å². The van der Waals surface area contributed by atoms with Gasteiger partial charge in [0.25, 0.3) is 0 Å². The van der Waals surface area contributed by atoms with Crippen LogP contribution in [0, 0.1) is 5.92 Å². The standard InChI is InChI=1S/C25H34N4O3/c1-3-16(2)23-24(31)28-21(13-17-14-26-20-12-8-7-11-19(17)20)25(32)29(23)15-22(30)27-18-9-5-4-6-10-18/h7-8,11-12,14,16,18,21,23,26H,3-6,9-10,13,15H2,1-2H3,(H,27,30)(H,28,31). The summed E-state index contributed by atoms with van der Waals surface area (Å²) >= 11 is 0. The molecule has 1 aromatic heterocycles. The van der Waals surface area contributed by atoms with Crippen molar-refractivity contribution in [1.82, 2.24) is 20.5 Å². The van der Waals surface area contributed by atoms with E-state index in [9.17, 15) is 14.4 Å². The fourth-order valence-corrected chi connectivity index (χ4v) is 5.10. The molecule has 3 unspecified atom stereocenters. The maximum atomic E-state index is 13.5. The molecule has 1 saturated carbocycles. The summed E-state index contributed by atoms with van der Waals surface area (Å²) < 4.78 is 0. The summed E-state index contributed by atoms with van der Waals surface area (Å²) in [4.78, 5) is 44.2. The van der Waals surface area contributed by atoms with Crippen LogP contribution in [0.2, 0.25) is 0 Å². The molecule has 2 fully saturated rings. The van der Waals surface area contributed by atoms with E-state index in [0.29, 0.717) is 6.42 Å². The Morgan fingerprint density at radius 3 is 2.69 bits per heavy atom. The van der Waals surface area contributed by atoms with E-state index in [-0.39, 0.29) is 36.2 Å². The van der Waals surface area contributed by atoms with E-state index in [1.807, 2.05) is 44.3 Å². The molecule has 2 heterocycles. The third kappa shape index (κ3) is 4.66. The minimum atomic E-state index is -0.676. The van der Waals surface area contributed by atoms with Crippen molar-refractivity contribution in [3.05, 3.63) is 36.0 Å². The zero-order chi connectivity index (χ0) is 22.7. The molecule has 4 rings (SSSR count). The van der Waals surface area contributed by atoms with Gasteiger partial charge in [0.2, 0.25) is 17.7 Å². The van der Waals surface area contributed by atoms with E-state index in [2.05, 4.69) is 15.6 Å². The van der Waals surface area contributed by atoms with E-state index >= 15 is 0 Å². The number of H-pyrrole nitrogens is 1. The number of fused-ring (bicyclic) bond motifs is 1. The Kier molecular flexibility index (Phi) is 6.82. The fraction of sp³-hybridized carbons (Fsp3) is 0.560. The van der Waals surface area contributed by atoms with Crippen molar-refractivity contribution in [1.29, 1.82) is 0 Å². The molecule has 7 nitrogen and oxygen atoms in total. The lowest BCUT2D eigenvalue weighted by molar-refractivity contribution is -0.153. The maximum Gasteiger partial charge on any atom is 0.246 e. The van der Waals surface area contributed by atoms with Crippen LogP contribution < -0.4 is 10.6 Å². The number of rotatable bonds is 7. The smallest absolute Gasteiger partial charge is 0.246 e. The van der Waals surface area contributed by atoms with E-state index in [1.165, 1.54) is 11.3 Å². The minimum absolute atomic E-state index is 0.0320. The van der Waals surface area contributed by atoms with Gasteiger partial charge in [0.05, 0.1) is 0 Å². The van der Waals surface area contributed by atoms with Gasteiger partial charge < -0.3 is 20.5 Å². The van der Waals surface area contributed by atoms with Crippen molar-refractivity contribution in [2.75, 3.05) is 6.54 Å². The largest absolute Gasteiger partial charge is 0.361 e. The predicted molar refractivity (Wildman–Crippen MR) is 124 cm³/mol. The molecule has 3 amide bonds. The second-order valence-corrected chi connectivity index (χ2v) is 9.32. The summed E-state index contributed by atoms with van der Waals surface area (Å²) in [6.07, 6.45) is 8.46. The Balaban J connectivity index is 1.52. The molecule has 1 aliphatic carbocycles. The van der Waals surface area contributed by atoms with E-state index < -0.39 is 12.1 Å². The molecule has 1 aromatic carbocycles. The normalized spacial score (nSPS) is 23.2. The van der Waals surface area contributed by atoms with Gasteiger partial charge in [-0.05, 0) is 30.4 Å². The molecule has 1 aliphatic heterocycles. The Morgan fingerprint density at radius 2 is 1.94 bits per heavy atom. The molecule has 2 aliphatic rings. The molecule has 2 aromatic rings. The minimum Gasteiger partial charge on any atom is -0.361 e. The number of nitrogens with zero attached hydrogens (tertiary/aromatic N) is 1. The van der Waals surface area contributed by atoms with Gasteiger partial charge in [0.15, 0.2) is 0 Å². The van der Waals surface area contributed by atoms with Crippen molar-refractivity contribution in [3.8, 4) is 0 Å². The first-order valence-electron chi connectivity index (χ1n) is 11.9. The quantitative estimate of drug-likeness (QED) is 0.620. The summed E-state index contributed by atoms with van der Waals surface area (Å²) in [5, 5.41) is 7.08. The molecule has 172 valence electrons. The third-order valence-electron chi connectivity index (χ3n) is 7.07. The van der Waals surface area contributed by atoms with Gasteiger partial charge in [-0.3, -0.25) is 14.4 Å². The van der Waals surface area contributed by atoms with Gasteiger partial charge >= 0.3 is 0 Å². The van der Waals surface area contributed by atoms with Gasteiger partial charge in [-0.25, -0.2) is 0 Å². The Morgan fingerprint density at radius 1 is 1.19 bits per heavy atom. The summed E-state index contributed by atoms with van der Waals surface area (Å²) in [5.74, 6) is -0.553. The topological polar surface area (TPSA) is 94.3 Å². The van der Waals surface area contributed by atoms with Gasteiger partial charge in [0, 0.05) is 29.6 Å². The Hall–Kier alpha value is -2.83. The predicted octanol–water partition coefficient (Wildman–Crippen LogP) is 2.90. The number of para-hydroxylation sites is 1. The highest BCUT2D eigenvalue weighted by molar-refractivity contribution is 5.99. The Bertz CT molecular complexity index is 978. The van der Waals surface area contributed by atoms with E-state index in [4.69, 9.17) is 0 Å². The van der Waals surface area contributed by atoms with E-state index in [1.54, 1.807) is 0 Å². The molecular weight excluding hydrogens is 404 g/mol. The van der Waals surface area contributed by atoms with Crippen LogP contribution in [0.4, 0.5) is 0 Å². The van der Waals surface area contributed by atoms with Gasteiger partial charge in [0.1, 0.15) is 18.6 Å². The second kappa shape index (κ2) is 9.76. The first kappa shape index (κ1) is 22.4. The molecule has 7 heteroatoms. The van der Waals surface area contributed by atoms with Crippen molar-refractivity contribution >= 4 is 28.6 Å². The van der Waals surface area contributed by atoms with Crippen LogP contribution in [0.1, 0.15) is 57.9 Å². The number of carbonyl (C=O) groups excluding carboxylic acids is 3. The number of piperazine rings is 1. The number of benzene rings is 1. The highest BCUT2D eigenvalue weighted by Gasteiger charge is 2.43. The molecular formula is C25H34N4O3. The van der Waals surface area contributed by atoms with Crippen LogP contribution in [0.5, 0.6) is 0 Å². The molecule has 0 radical (unpaired) electrons. The first-order chi connectivity index (χ1) is 15.5. The zero-order valence-electron chi connectivity index (χ0n) is 19.0. The average molecular weight is 439 g/mol. The highest BCUT2D eigenvalue weighted by Crippen LogP contribution is 2.24. The van der Waals surface area contributed by atoms with Crippen LogP contribution >= 0.6 is 0 Å². The summed E-state index contributed by atoms with van der Waals surface area (Å²) in [5.41, 5.74) is 1.98. The van der Waals surface area contributed by atoms with Crippen LogP contribution in [0.25, 0.3) is 10.9 Å². The average Bonchev–Trinajstić information content (AvgIpc) is 3.20. The van der Waals surface area contributed by atoms with Crippen LogP contribution in [-0.4, -0.2) is 52.3 Å². The lowest BCUT2D eigenvalue weighted by Crippen LogP contribution is -2.66. The number of hydrogen-bond donors (Lipinski definition) is 3. The maximum absolute atomic E-state index is 13.5.